The van der Waals surface area contributed by atoms with Crippen LogP contribution in [0, 0.1) is 5.82 Å². The van der Waals surface area contributed by atoms with E-state index in [1.54, 1.807) is 7.11 Å². The number of nitrogens with zero attached hydrogens (tertiary/aromatic N) is 1. The monoisotopic (exact) mass is 297 g/mol. The normalized spacial score (nSPS) is 10.2. The van der Waals surface area contributed by atoms with Gasteiger partial charge in [0.25, 0.3) is 5.91 Å². The van der Waals surface area contributed by atoms with Gasteiger partial charge in [0, 0.05) is 27.3 Å². The van der Waals surface area contributed by atoms with Gasteiger partial charge in [0.05, 0.1) is 17.8 Å². The van der Waals surface area contributed by atoms with Gasteiger partial charge in [0.15, 0.2) is 0 Å². The second-order valence-corrected chi connectivity index (χ2v) is 4.56. The number of nitrogens with one attached hydrogen (secondary N) is 1. The van der Waals surface area contributed by atoms with Crippen molar-refractivity contribution in [3.63, 3.8) is 0 Å². The van der Waals surface area contributed by atoms with Crippen molar-refractivity contribution in [2.24, 2.45) is 0 Å². The molecule has 1 aromatic rings. The van der Waals surface area contributed by atoms with Crippen molar-refractivity contribution in [2.45, 2.75) is 6.42 Å². The summed E-state index contributed by atoms with van der Waals surface area (Å²) in [5, 5.41) is 2.66. The summed E-state index contributed by atoms with van der Waals surface area (Å²) in [7, 11) is 3.04. The minimum atomic E-state index is -0.654. The van der Waals surface area contributed by atoms with E-state index in [1.807, 2.05) is 0 Å². The van der Waals surface area contributed by atoms with Crippen LogP contribution in [0.2, 0.25) is 0 Å². The second kappa shape index (κ2) is 8.21. The average Bonchev–Trinajstić information content (AvgIpc) is 2.45. The number of carbonyl (C=O) groups excluding carboxylic acids is 2. The predicted molar refractivity (Wildman–Crippen MR) is 77.3 cm³/mol. The summed E-state index contributed by atoms with van der Waals surface area (Å²) < 4.78 is 18.2. The molecular formula is C14H20FN3O3. The number of nitrogens with two attached hydrogens (primary N) is 1. The number of hydrogen-bond acceptors (Lipinski definition) is 4. The van der Waals surface area contributed by atoms with Crippen LogP contribution in [-0.4, -0.2) is 50.6 Å². The summed E-state index contributed by atoms with van der Waals surface area (Å²) in [4.78, 5) is 25.0. The summed E-state index contributed by atoms with van der Waals surface area (Å²) in [6, 6.07) is 4.00. The number of anilines is 1. The van der Waals surface area contributed by atoms with Gasteiger partial charge >= 0.3 is 0 Å². The quantitative estimate of drug-likeness (QED) is 0.571. The fourth-order valence-corrected chi connectivity index (χ4v) is 1.72. The molecule has 21 heavy (non-hydrogen) atoms. The second-order valence-electron chi connectivity index (χ2n) is 4.56. The lowest BCUT2D eigenvalue weighted by molar-refractivity contribution is -0.121. The number of amides is 2. The van der Waals surface area contributed by atoms with Crippen LogP contribution >= 0.6 is 0 Å². The smallest absolute Gasteiger partial charge is 0.256 e. The molecule has 0 saturated heterocycles. The zero-order chi connectivity index (χ0) is 15.8. The highest BCUT2D eigenvalue weighted by Crippen LogP contribution is 2.17. The molecule has 1 aromatic carbocycles. The van der Waals surface area contributed by atoms with E-state index in [0.717, 1.165) is 0 Å². The number of hydrogen-bond donors (Lipinski definition) is 2. The zero-order valence-electron chi connectivity index (χ0n) is 12.2. The van der Waals surface area contributed by atoms with Crippen LogP contribution in [0.15, 0.2) is 18.2 Å². The van der Waals surface area contributed by atoms with Crippen molar-refractivity contribution in [1.82, 2.24) is 10.2 Å². The lowest BCUT2D eigenvalue weighted by Gasteiger charge is -2.18. The molecule has 0 aliphatic heterocycles. The maximum Gasteiger partial charge on any atom is 0.256 e. The summed E-state index contributed by atoms with van der Waals surface area (Å²) >= 11 is 0. The van der Waals surface area contributed by atoms with Gasteiger partial charge in [-0.25, -0.2) is 4.39 Å². The van der Waals surface area contributed by atoms with Gasteiger partial charge in [-0.3, -0.25) is 9.59 Å². The fraction of sp³-hybridized carbons (Fsp3) is 0.429. The van der Waals surface area contributed by atoms with E-state index in [1.165, 1.54) is 30.1 Å². The standard InChI is InChI=1S/C14H20FN3O3/c1-18(9-12(19)17-7-4-8-21-2)14(20)10-5-3-6-11(15)13(10)16/h3,5-6H,4,7-9,16H2,1-2H3,(H,17,19). The highest BCUT2D eigenvalue weighted by atomic mass is 19.1. The van der Waals surface area contributed by atoms with E-state index in [4.69, 9.17) is 10.5 Å². The van der Waals surface area contributed by atoms with Gasteiger partial charge in [-0.2, -0.15) is 0 Å². The van der Waals surface area contributed by atoms with Crippen LogP contribution in [0.25, 0.3) is 0 Å². The summed E-state index contributed by atoms with van der Waals surface area (Å²) in [5.41, 5.74) is 5.36. The van der Waals surface area contributed by atoms with E-state index in [0.29, 0.717) is 19.6 Å². The lowest BCUT2D eigenvalue weighted by Crippen LogP contribution is -2.39. The average molecular weight is 297 g/mol. The van der Waals surface area contributed by atoms with Gasteiger partial charge in [0.1, 0.15) is 5.82 Å². The Kier molecular flexibility index (Phi) is 6.61. The van der Waals surface area contributed by atoms with Crippen molar-refractivity contribution in [3.8, 4) is 0 Å². The van der Waals surface area contributed by atoms with Crippen molar-refractivity contribution < 1.29 is 18.7 Å². The van der Waals surface area contributed by atoms with Crippen LogP contribution in [-0.2, 0) is 9.53 Å². The third-order valence-corrected chi connectivity index (χ3v) is 2.86. The molecular weight excluding hydrogens is 277 g/mol. The highest BCUT2D eigenvalue weighted by Gasteiger charge is 2.18. The zero-order valence-corrected chi connectivity index (χ0v) is 12.2. The molecule has 6 nitrogen and oxygen atoms in total. The van der Waals surface area contributed by atoms with E-state index >= 15 is 0 Å². The number of ether oxygens (including phenoxy) is 1. The first-order chi connectivity index (χ1) is 9.97. The minimum absolute atomic E-state index is 0.0460. The topological polar surface area (TPSA) is 84.7 Å². The molecule has 3 N–H and O–H groups in total. The van der Waals surface area contributed by atoms with E-state index in [-0.39, 0.29) is 23.7 Å². The molecule has 0 spiro atoms. The Bertz CT molecular complexity index is 508. The first-order valence-corrected chi connectivity index (χ1v) is 6.52. The summed E-state index contributed by atoms with van der Waals surface area (Å²) in [6.45, 7) is 0.896. The highest BCUT2D eigenvalue weighted by molar-refractivity contribution is 6.00. The number of likely N-dealkylation sites (N-methyl/N-ethyl adjacent to an activating group) is 1. The minimum Gasteiger partial charge on any atom is -0.396 e. The lowest BCUT2D eigenvalue weighted by atomic mass is 10.1. The van der Waals surface area contributed by atoms with Crippen molar-refractivity contribution in [3.05, 3.63) is 29.6 Å². The van der Waals surface area contributed by atoms with E-state index in [9.17, 15) is 14.0 Å². The number of nitrogen functional groups attached to an aromatic ring is 1. The van der Waals surface area contributed by atoms with Gasteiger partial charge in [-0.1, -0.05) is 6.07 Å². The van der Waals surface area contributed by atoms with Crippen LogP contribution in [0.1, 0.15) is 16.8 Å². The Labute approximate surface area is 123 Å². The summed E-state index contributed by atoms with van der Waals surface area (Å²) in [5.74, 6) is -1.45. The van der Waals surface area contributed by atoms with Crippen LogP contribution in [0.3, 0.4) is 0 Å². The number of para-hydroxylation sites is 1. The van der Waals surface area contributed by atoms with Crippen LogP contribution in [0.5, 0.6) is 0 Å². The summed E-state index contributed by atoms with van der Waals surface area (Å²) in [6.07, 6.45) is 0.691. The number of carbonyl (C=O) groups is 2. The van der Waals surface area contributed by atoms with E-state index in [2.05, 4.69) is 5.32 Å². The predicted octanol–water partition coefficient (Wildman–Crippen LogP) is 0.633. The number of halogens is 1. The Morgan fingerprint density at radius 2 is 2.14 bits per heavy atom. The van der Waals surface area contributed by atoms with Crippen LogP contribution in [0.4, 0.5) is 10.1 Å². The van der Waals surface area contributed by atoms with Gasteiger partial charge in [-0.05, 0) is 18.6 Å². The molecule has 0 bridgehead atoms. The van der Waals surface area contributed by atoms with Gasteiger partial charge in [-0.15, -0.1) is 0 Å². The molecule has 0 atom stereocenters. The molecule has 0 radical (unpaired) electrons. The molecule has 1 rings (SSSR count). The maximum atomic E-state index is 13.3. The van der Waals surface area contributed by atoms with E-state index < -0.39 is 11.7 Å². The molecule has 0 fully saturated rings. The fourth-order valence-electron chi connectivity index (χ4n) is 1.72. The maximum absolute atomic E-state index is 13.3. The number of methoxy groups -OCH3 is 1. The molecule has 0 unspecified atom stereocenters. The first-order valence-electron chi connectivity index (χ1n) is 6.52. The third kappa shape index (κ3) is 5.03. The number of benzene rings is 1. The van der Waals surface area contributed by atoms with Crippen LogP contribution < -0.4 is 11.1 Å². The first kappa shape index (κ1) is 16.9. The Hall–Kier alpha value is -2.15. The number of rotatable bonds is 7. The molecule has 0 heterocycles. The molecule has 0 aliphatic carbocycles. The van der Waals surface area contributed by atoms with Gasteiger partial charge < -0.3 is 20.7 Å². The molecule has 116 valence electrons. The molecule has 0 aromatic heterocycles. The third-order valence-electron chi connectivity index (χ3n) is 2.86. The molecule has 0 aliphatic rings. The van der Waals surface area contributed by atoms with Gasteiger partial charge in [0.2, 0.25) is 5.91 Å². The van der Waals surface area contributed by atoms with Crippen molar-refractivity contribution in [2.75, 3.05) is 39.6 Å². The largest absolute Gasteiger partial charge is 0.396 e. The van der Waals surface area contributed by atoms with Crippen molar-refractivity contribution >= 4 is 17.5 Å². The molecule has 7 heteroatoms. The molecule has 2 amide bonds. The molecule has 0 saturated carbocycles. The Balaban J connectivity index is 2.55. The Morgan fingerprint density at radius 3 is 2.81 bits per heavy atom. The van der Waals surface area contributed by atoms with Crippen molar-refractivity contribution in [1.29, 1.82) is 0 Å². The Morgan fingerprint density at radius 1 is 1.43 bits per heavy atom. The SMILES string of the molecule is COCCCNC(=O)CN(C)C(=O)c1cccc(F)c1N.